The van der Waals surface area contributed by atoms with E-state index >= 15 is 0 Å². The number of nitrogens with zero attached hydrogens (tertiary/aromatic N) is 1. The van der Waals surface area contributed by atoms with Crippen LogP contribution in [0.2, 0.25) is 0 Å². The molecule has 195 valence electrons. The first-order valence-electron chi connectivity index (χ1n) is 11.7. The predicted molar refractivity (Wildman–Crippen MR) is 150 cm³/mol. The van der Waals surface area contributed by atoms with Crippen molar-refractivity contribution in [3.63, 3.8) is 0 Å². The maximum atomic E-state index is 12.8. The Morgan fingerprint density at radius 1 is 0.730 bits per heavy atom. The first kappa shape index (κ1) is 30.9. The summed E-state index contributed by atoms with van der Waals surface area (Å²) in [6, 6.07) is 31.6. The minimum atomic E-state index is -3.83. The zero-order valence-electron chi connectivity index (χ0n) is 21.4. The molecule has 2 atom stereocenters. The van der Waals surface area contributed by atoms with Gasteiger partial charge >= 0.3 is 27.0 Å². The third-order valence-electron chi connectivity index (χ3n) is 5.52. The van der Waals surface area contributed by atoms with Crippen molar-refractivity contribution < 1.29 is 25.7 Å². The van der Waals surface area contributed by atoms with Gasteiger partial charge in [0.15, 0.2) is 0 Å². The summed E-state index contributed by atoms with van der Waals surface area (Å²) in [5.74, 6) is 0. The van der Waals surface area contributed by atoms with Crippen molar-refractivity contribution in [2.45, 2.75) is 44.7 Å². The molecular weight excluding hydrogens is 589 g/mol. The number of hydrogen-bond acceptors (Lipinski definition) is 3. The summed E-state index contributed by atoms with van der Waals surface area (Å²) < 4.78 is 29.9. The molecule has 37 heavy (non-hydrogen) atoms. The van der Waals surface area contributed by atoms with Crippen LogP contribution in [-0.4, -0.2) is 8.42 Å². The molecule has 0 saturated heterocycles. The van der Waals surface area contributed by atoms with E-state index < -0.39 is 22.1 Å². The van der Waals surface area contributed by atoms with Gasteiger partial charge in [0.05, 0.1) is 0 Å². The van der Waals surface area contributed by atoms with Crippen LogP contribution in [0.25, 0.3) is 4.72 Å². The average molecular weight is 621 g/mol. The van der Waals surface area contributed by atoms with E-state index in [1.54, 1.807) is 24.3 Å². The molecule has 0 heterocycles. The van der Waals surface area contributed by atoms with E-state index in [0.717, 1.165) is 16.7 Å². The van der Waals surface area contributed by atoms with Gasteiger partial charge in [0.25, 0.3) is 0 Å². The molecular formula is C30H32ClN2O2RuS. The zero-order valence-corrected chi connectivity index (χ0v) is 24.7. The second-order valence-corrected chi connectivity index (χ2v) is 10.3. The molecule has 0 unspecified atom stereocenters. The molecule has 7 heteroatoms. The summed E-state index contributed by atoms with van der Waals surface area (Å²) >= 11 is 1.82. The van der Waals surface area contributed by atoms with Gasteiger partial charge in [0, 0.05) is 10.9 Å². The summed E-state index contributed by atoms with van der Waals surface area (Å²) in [5.41, 5.74) is 12.8. The van der Waals surface area contributed by atoms with Crippen LogP contribution < -0.4 is 5.73 Å². The first-order chi connectivity index (χ1) is 17.7. The minimum absolute atomic E-state index is 0.171. The van der Waals surface area contributed by atoms with Crippen LogP contribution in [0.3, 0.4) is 0 Å². The molecule has 0 fully saturated rings. The van der Waals surface area contributed by atoms with Crippen LogP contribution >= 0.6 is 9.69 Å². The molecule has 0 spiro atoms. The number of benzene rings is 4. The fraction of sp³-hybridized carbons (Fsp3) is 0.200. The molecule has 0 aliphatic heterocycles. The van der Waals surface area contributed by atoms with E-state index in [2.05, 4.69) is 53.4 Å². The molecule has 4 aromatic carbocycles. The second-order valence-electron chi connectivity index (χ2n) is 8.71. The molecule has 4 nitrogen and oxygen atoms in total. The zero-order chi connectivity index (χ0) is 27.4. The Balaban J connectivity index is 0.000000367. The SMILES string of the molecule is Cc1[c-]c(C)cc(C)c1.Cc1ccc(S(=O)(=O)[N-][C@H](c2ccccc2)[C@H](N)c2ccccc2)cc1.[Cl][Ru+2]. The van der Waals surface area contributed by atoms with E-state index in [0.29, 0.717) is 0 Å². The fourth-order valence-electron chi connectivity index (χ4n) is 3.87. The van der Waals surface area contributed by atoms with Crippen molar-refractivity contribution in [3.05, 3.63) is 141 Å². The van der Waals surface area contributed by atoms with Crippen molar-refractivity contribution in [1.29, 1.82) is 0 Å². The third-order valence-corrected chi connectivity index (χ3v) is 6.89. The normalized spacial score (nSPS) is 12.3. The molecule has 2 N–H and O–H groups in total. The Bertz CT molecular complexity index is 1280. The van der Waals surface area contributed by atoms with Gasteiger partial charge in [0.2, 0.25) is 0 Å². The molecule has 0 aliphatic carbocycles. The first-order valence-corrected chi connectivity index (χ1v) is 15.3. The van der Waals surface area contributed by atoms with Gasteiger partial charge in [-0.3, -0.25) is 0 Å². The topological polar surface area (TPSA) is 74.3 Å². The van der Waals surface area contributed by atoms with Crippen LogP contribution in [0.15, 0.2) is 102 Å². The Labute approximate surface area is 236 Å². The molecule has 0 aromatic heterocycles. The molecule has 0 amide bonds. The molecule has 0 radical (unpaired) electrons. The van der Waals surface area contributed by atoms with Crippen LogP contribution in [0, 0.1) is 33.8 Å². The van der Waals surface area contributed by atoms with Crippen LogP contribution in [0.1, 0.15) is 45.5 Å². The number of hydrogen-bond donors (Lipinski definition) is 1. The Kier molecular flexibility index (Phi) is 12.7. The number of halogens is 1. The summed E-state index contributed by atoms with van der Waals surface area (Å²) in [6.07, 6.45) is 0. The Hall–Kier alpha value is -2.34. The quantitative estimate of drug-likeness (QED) is 0.178. The monoisotopic (exact) mass is 621 g/mol. The molecule has 4 aromatic rings. The molecule has 0 saturated carbocycles. The third kappa shape index (κ3) is 9.81. The van der Waals surface area contributed by atoms with Gasteiger partial charge in [-0.1, -0.05) is 111 Å². The van der Waals surface area contributed by atoms with E-state index in [-0.39, 0.29) is 4.90 Å². The summed E-state index contributed by atoms with van der Waals surface area (Å²) in [7, 11) is 0.736. The van der Waals surface area contributed by atoms with E-state index in [1.807, 2.05) is 84.9 Å². The van der Waals surface area contributed by atoms with Crippen LogP contribution in [0.4, 0.5) is 0 Å². The van der Waals surface area contributed by atoms with Gasteiger partial charge in [-0.05, 0) is 24.6 Å². The van der Waals surface area contributed by atoms with Gasteiger partial charge < -0.3 is 10.5 Å². The number of sulfonamides is 1. The van der Waals surface area contributed by atoms with Crippen LogP contribution in [-0.2, 0) is 27.3 Å². The fourth-order valence-corrected chi connectivity index (χ4v) is 5.02. The van der Waals surface area contributed by atoms with Gasteiger partial charge in [-0.25, -0.2) is 8.42 Å². The van der Waals surface area contributed by atoms with E-state index in [4.69, 9.17) is 5.73 Å². The van der Waals surface area contributed by atoms with Crippen molar-refractivity contribution >= 4 is 19.7 Å². The van der Waals surface area contributed by atoms with Crippen molar-refractivity contribution in [3.8, 4) is 0 Å². The second kappa shape index (κ2) is 15.2. The van der Waals surface area contributed by atoms with Crippen molar-refractivity contribution in [2.24, 2.45) is 5.73 Å². The molecule has 0 aliphatic rings. The number of rotatable bonds is 6. The van der Waals surface area contributed by atoms with Gasteiger partial charge in [-0.2, -0.15) is 34.9 Å². The summed E-state index contributed by atoms with van der Waals surface area (Å²) in [5, 5.41) is 0. The molecule has 0 bridgehead atoms. The van der Waals surface area contributed by atoms with E-state index in [9.17, 15) is 8.42 Å². The van der Waals surface area contributed by atoms with Crippen LogP contribution in [0.5, 0.6) is 0 Å². The van der Waals surface area contributed by atoms with Crippen molar-refractivity contribution in [1.82, 2.24) is 0 Å². The predicted octanol–water partition coefficient (Wildman–Crippen LogP) is 7.60. The maximum absolute atomic E-state index is 12.8. The Morgan fingerprint density at radius 2 is 1.19 bits per heavy atom. The average Bonchev–Trinajstić information content (AvgIpc) is 2.89. The summed E-state index contributed by atoms with van der Waals surface area (Å²) in [4.78, 5) is 0.171. The Morgan fingerprint density at radius 3 is 1.65 bits per heavy atom. The van der Waals surface area contributed by atoms with Crippen molar-refractivity contribution in [2.75, 3.05) is 0 Å². The number of nitrogens with two attached hydrogens (primary N) is 1. The van der Waals surface area contributed by atoms with Gasteiger partial charge in [0.1, 0.15) is 10.0 Å². The van der Waals surface area contributed by atoms with Gasteiger partial charge in [-0.15, -0.1) is 0 Å². The number of aryl methyl sites for hydroxylation is 4. The molecule has 4 rings (SSSR count). The van der Waals surface area contributed by atoms with E-state index in [1.165, 1.54) is 16.7 Å². The standard InChI is InChI=1S/C21H21N2O2S.C9H11.ClH.Ru/c1-16-12-14-19(15-13-16)26(24,25)23-21(18-10-6-3-7-11-18)20(22)17-8-4-2-5-9-17;1-7-4-8(2)6-9(3)5-7;;/h2-15,20-21H,22H2,1H3;4-5H,1-3H3;1H;/q2*-1;;+3/p-1/t20-,21-;;;/m1.../s1. The summed E-state index contributed by atoms with van der Waals surface area (Å²) in [6.45, 7) is 8.15.